The number of rotatable bonds is 8. The van der Waals surface area contributed by atoms with Gasteiger partial charge < -0.3 is 19.7 Å². The van der Waals surface area contributed by atoms with Gasteiger partial charge in [-0.15, -0.1) is 0 Å². The predicted octanol–water partition coefficient (Wildman–Crippen LogP) is 3.54. The van der Waals surface area contributed by atoms with E-state index in [9.17, 15) is 14.9 Å². The highest BCUT2D eigenvalue weighted by molar-refractivity contribution is 6.01. The van der Waals surface area contributed by atoms with Crippen molar-refractivity contribution in [3.8, 4) is 17.6 Å². The summed E-state index contributed by atoms with van der Waals surface area (Å²) < 4.78 is 11.5. The molecule has 1 aliphatic carbocycles. The molecule has 0 radical (unpaired) electrons. The number of nitrogens with zero attached hydrogens (tertiary/aromatic N) is 2. The Hall–Kier alpha value is -3.01. The van der Waals surface area contributed by atoms with Crippen molar-refractivity contribution in [3.63, 3.8) is 0 Å². The molecule has 0 heterocycles. The molecule has 1 aromatic rings. The Labute approximate surface area is 185 Å². The van der Waals surface area contributed by atoms with Crippen LogP contribution >= 0.6 is 0 Å². The van der Waals surface area contributed by atoms with E-state index in [4.69, 9.17) is 9.47 Å². The molecule has 7 heteroatoms. The van der Waals surface area contributed by atoms with E-state index in [1.54, 1.807) is 45.3 Å². The van der Waals surface area contributed by atoms with Gasteiger partial charge in [-0.25, -0.2) is 0 Å². The van der Waals surface area contributed by atoms with Crippen LogP contribution in [0.15, 0.2) is 23.8 Å². The number of hydrogen-bond acceptors (Lipinski definition) is 5. The summed E-state index contributed by atoms with van der Waals surface area (Å²) in [6, 6.07) is 7.24. The smallest absolute Gasteiger partial charge is 0.262 e. The zero-order chi connectivity index (χ0) is 23.0. The molecule has 0 unspecified atom stereocenters. The van der Waals surface area contributed by atoms with E-state index >= 15 is 0 Å². The quantitative estimate of drug-likeness (QED) is 0.506. The van der Waals surface area contributed by atoms with Gasteiger partial charge in [-0.1, -0.05) is 25.8 Å². The third kappa shape index (κ3) is 6.74. The summed E-state index contributed by atoms with van der Waals surface area (Å²) in [4.78, 5) is 26.2. The molecule has 3 atom stereocenters. The highest BCUT2D eigenvalue weighted by Crippen LogP contribution is 2.30. The van der Waals surface area contributed by atoms with Gasteiger partial charge in [0.2, 0.25) is 0 Å². The molecule has 0 spiro atoms. The first kappa shape index (κ1) is 24.3. The first-order valence-corrected chi connectivity index (χ1v) is 10.8. The van der Waals surface area contributed by atoms with Gasteiger partial charge in [0, 0.05) is 20.1 Å². The minimum absolute atomic E-state index is 0.0463. The Bertz CT molecular complexity index is 857. The average molecular weight is 428 g/mol. The van der Waals surface area contributed by atoms with Gasteiger partial charge in [0.05, 0.1) is 6.61 Å². The maximum atomic E-state index is 12.7. The molecule has 168 valence electrons. The molecule has 1 aromatic carbocycles. The van der Waals surface area contributed by atoms with Crippen molar-refractivity contribution in [1.29, 1.82) is 5.26 Å². The molecule has 2 rings (SSSR count). The lowest BCUT2D eigenvalue weighted by molar-refractivity contribution is -0.135. The first-order chi connectivity index (χ1) is 14.8. The van der Waals surface area contributed by atoms with E-state index in [1.807, 2.05) is 13.0 Å². The highest BCUT2D eigenvalue weighted by Gasteiger charge is 2.24. The minimum Gasteiger partial charge on any atom is -0.490 e. The Morgan fingerprint density at radius 3 is 2.61 bits per heavy atom. The van der Waals surface area contributed by atoms with Crippen molar-refractivity contribution in [3.05, 3.63) is 29.3 Å². The second-order valence-electron chi connectivity index (χ2n) is 8.14. The Morgan fingerprint density at radius 1 is 1.29 bits per heavy atom. The average Bonchev–Trinajstić information content (AvgIpc) is 2.74. The molecule has 31 heavy (non-hydrogen) atoms. The maximum absolute atomic E-state index is 12.7. The van der Waals surface area contributed by atoms with Crippen LogP contribution in [0.2, 0.25) is 0 Å². The molecule has 7 nitrogen and oxygen atoms in total. The van der Waals surface area contributed by atoms with Crippen molar-refractivity contribution < 1.29 is 19.1 Å². The number of nitriles is 1. The van der Waals surface area contributed by atoms with Crippen LogP contribution in [0.1, 0.15) is 52.0 Å². The number of carbonyl (C=O) groups is 2. The summed E-state index contributed by atoms with van der Waals surface area (Å²) in [7, 11) is 3.34. The Balaban J connectivity index is 2.20. The van der Waals surface area contributed by atoms with Crippen LogP contribution in [0.3, 0.4) is 0 Å². The van der Waals surface area contributed by atoms with Crippen LogP contribution in [-0.4, -0.2) is 49.6 Å². The van der Waals surface area contributed by atoms with Gasteiger partial charge in [-0.2, -0.15) is 5.26 Å². The monoisotopic (exact) mass is 427 g/mol. The molecule has 1 N–H and O–H groups in total. The van der Waals surface area contributed by atoms with E-state index in [0.29, 0.717) is 29.6 Å². The second kappa shape index (κ2) is 11.4. The summed E-state index contributed by atoms with van der Waals surface area (Å²) in [5.74, 6) is 0.774. The fourth-order valence-corrected chi connectivity index (χ4v) is 3.68. The number of likely N-dealkylation sites (N-methyl/N-ethyl adjacent to an activating group) is 1. The number of ether oxygens (including phenoxy) is 2. The molecular formula is C24H33N3O4. The van der Waals surface area contributed by atoms with Crippen LogP contribution < -0.4 is 14.8 Å². The topological polar surface area (TPSA) is 91.7 Å². The van der Waals surface area contributed by atoms with Crippen molar-refractivity contribution in [1.82, 2.24) is 10.2 Å². The number of hydrogen-bond donors (Lipinski definition) is 1. The molecular weight excluding hydrogens is 394 g/mol. The van der Waals surface area contributed by atoms with E-state index in [-0.39, 0.29) is 23.4 Å². The standard InChI is InChI=1S/C24H33N3O4/c1-6-30-22-14-18(11-12-21(22)31-17(3)24(29)27(4)5)13-19(15-25)23(28)26-20-10-8-7-9-16(20)2/h11-14,16-17,20H,6-10H2,1-5H3,(H,26,28)/b19-13+/t16-,17-,20-/m1/s1. The molecule has 1 aliphatic rings. The summed E-state index contributed by atoms with van der Waals surface area (Å²) in [6.07, 6.45) is 5.18. The van der Waals surface area contributed by atoms with E-state index in [1.165, 1.54) is 11.3 Å². The van der Waals surface area contributed by atoms with Crippen molar-refractivity contribution in [2.75, 3.05) is 20.7 Å². The number of benzene rings is 1. The normalized spacial score (nSPS) is 19.7. The molecule has 1 saturated carbocycles. The highest BCUT2D eigenvalue weighted by atomic mass is 16.5. The number of nitrogens with one attached hydrogen (secondary N) is 1. The Morgan fingerprint density at radius 2 is 2.00 bits per heavy atom. The number of amides is 2. The lowest BCUT2D eigenvalue weighted by atomic mass is 9.86. The third-order valence-electron chi connectivity index (χ3n) is 5.46. The molecule has 1 fully saturated rings. The maximum Gasteiger partial charge on any atom is 0.262 e. The van der Waals surface area contributed by atoms with E-state index in [0.717, 1.165) is 19.3 Å². The Kier molecular flexibility index (Phi) is 8.92. The van der Waals surface area contributed by atoms with Crippen LogP contribution in [-0.2, 0) is 9.59 Å². The second-order valence-corrected chi connectivity index (χ2v) is 8.14. The zero-order valence-electron chi connectivity index (χ0n) is 19.1. The van der Waals surface area contributed by atoms with Gasteiger partial charge in [0.25, 0.3) is 11.8 Å². The SMILES string of the molecule is CCOc1cc(/C=C(\C#N)C(=O)N[C@@H]2CCCC[C@H]2C)ccc1O[C@H](C)C(=O)N(C)C. The molecule has 0 aliphatic heterocycles. The predicted molar refractivity (Wildman–Crippen MR) is 120 cm³/mol. The fraction of sp³-hybridized carbons (Fsp3) is 0.542. The minimum atomic E-state index is -0.673. The van der Waals surface area contributed by atoms with Crippen LogP contribution in [0.5, 0.6) is 11.5 Å². The van der Waals surface area contributed by atoms with Gasteiger partial charge >= 0.3 is 0 Å². The van der Waals surface area contributed by atoms with Crippen molar-refractivity contribution in [2.45, 2.75) is 58.6 Å². The summed E-state index contributed by atoms with van der Waals surface area (Å²) in [5.41, 5.74) is 0.691. The van der Waals surface area contributed by atoms with Crippen LogP contribution in [0, 0.1) is 17.2 Å². The largest absolute Gasteiger partial charge is 0.490 e. The van der Waals surface area contributed by atoms with Crippen LogP contribution in [0.25, 0.3) is 6.08 Å². The first-order valence-electron chi connectivity index (χ1n) is 10.8. The van der Waals surface area contributed by atoms with Gasteiger partial charge in [-0.3, -0.25) is 9.59 Å². The molecule has 0 saturated heterocycles. The lowest BCUT2D eigenvalue weighted by Gasteiger charge is -2.29. The summed E-state index contributed by atoms with van der Waals surface area (Å²) in [6.45, 7) is 6.07. The van der Waals surface area contributed by atoms with Crippen LogP contribution in [0.4, 0.5) is 0 Å². The third-order valence-corrected chi connectivity index (χ3v) is 5.46. The molecule has 0 aromatic heterocycles. The van der Waals surface area contributed by atoms with E-state index < -0.39 is 6.10 Å². The molecule has 0 bridgehead atoms. The summed E-state index contributed by atoms with van der Waals surface area (Å²) in [5, 5.41) is 12.5. The van der Waals surface area contributed by atoms with Gasteiger partial charge in [-0.05, 0) is 56.4 Å². The fourth-order valence-electron chi connectivity index (χ4n) is 3.68. The van der Waals surface area contributed by atoms with Crippen molar-refractivity contribution >= 4 is 17.9 Å². The zero-order valence-corrected chi connectivity index (χ0v) is 19.1. The van der Waals surface area contributed by atoms with Gasteiger partial charge in [0.15, 0.2) is 17.6 Å². The molecule has 2 amide bonds. The van der Waals surface area contributed by atoms with E-state index in [2.05, 4.69) is 12.2 Å². The van der Waals surface area contributed by atoms with Gasteiger partial charge in [0.1, 0.15) is 11.6 Å². The lowest BCUT2D eigenvalue weighted by Crippen LogP contribution is -2.41. The number of carbonyl (C=O) groups excluding carboxylic acids is 2. The van der Waals surface area contributed by atoms with Crippen molar-refractivity contribution in [2.24, 2.45) is 5.92 Å². The summed E-state index contributed by atoms with van der Waals surface area (Å²) >= 11 is 0.